The second-order valence-electron chi connectivity index (χ2n) is 3.18. The molecular formula is C11H11NO2. The molecule has 0 amide bonds. The van der Waals surface area contributed by atoms with Gasteiger partial charge in [-0.15, -0.1) is 0 Å². The van der Waals surface area contributed by atoms with Crippen molar-refractivity contribution < 1.29 is 10.2 Å². The van der Waals surface area contributed by atoms with Gasteiger partial charge in [-0.2, -0.15) is 0 Å². The third kappa shape index (κ3) is 1.28. The van der Waals surface area contributed by atoms with Crippen LogP contribution >= 0.6 is 0 Å². The summed E-state index contributed by atoms with van der Waals surface area (Å²) in [6, 6.07) is 8.71. The SMILES string of the molecule is NCc1cccc2cc(O)c(O)cc12. The molecule has 0 unspecified atom stereocenters. The molecule has 72 valence electrons. The average molecular weight is 189 g/mol. The van der Waals surface area contributed by atoms with Crippen LogP contribution in [0.15, 0.2) is 30.3 Å². The molecule has 0 aliphatic rings. The highest BCUT2D eigenvalue weighted by Gasteiger charge is 2.04. The summed E-state index contributed by atoms with van der Waals surface area (Å²) in [6.07, 6.45) is 0. The number of hydrogen-bond acceptors (Lipinski definition) is 3. The van der Waals surface area contributed by atoms with Gasteiger partial charge in [-0.05, 0) is 28.5 Å². The molecule has 0 heterocycles. The van der Waals surface area contributed by atoms with E-state index in [-0.39, 0.29) is 11.5 Å². The molecule has 2 aromatic rings. The number of phenolic OH excluding ortho intramolecular Hbond substituents is 2. The lowest BCUT2D eigenvalue weighted by Gasteiger charge is -2.05. The number of nitrogens with two attached hydrogens (primary N) is 1. The van der Waals surface area contributed by atoms with Crippen LogP contribution in [-0.4, -0.2) is 10.2 Å². The fourth-order valence-corrected chi connectivity index (χ4v) is 1.54. The van der Waals surface area contributed by atoms with Crippen LogP contribution in [-0.2, 0) is 6.54 Å². The van der Waals surface area contributed by atoms with Gasteiger partial charge in [0.25, 0.3) is 0 Å². The summed E-state index contributed by atoms with van der Waals surface area (Å²) in [5.74, 6) is -0.218. The van der Waals surface area contributed by atoms with Crippen LogP contribution in [0.2, 0.25) is 0 Å². The molecule has 0 spiro atoms. The first-order valence-electron chi connectivity index (χ1n) is 4.36. The Hall–Kier alpha value is -1.74. The zero-order valence-electron chi connectivity index (χ0n) is 7.57. The summed E-state index contributed by atoms with van der Waals surface area (Å²) in [7, 11) is 0. The van der Waals surface area contributed by atoms with Crippen molar-refractivity contribution in [1.29, 1.82) is 0 Å². The predicted octanol–water partition coefficient (Wildman–Crippen LogP) is 1.71. The molecule has 0 fully saturated rings. The Labute approximate surface area is 81.4 Å². The van der Waals surface area contributed by atoms with Gasteiger partial charge in [0.15, 0.2) is 11.5 Å². The first kappa shape index (κ1) is 8.84. The highest BCUT2D eigenvalue weighted by molar-refractivity contribution is 5.88. The normalized spacial score (nSPS) is 10.6. The fourth-order valence-electron chi connectivity index (χ4n) is 1.54. The van der Waals surface area contributed by atoms with Crippen molar-refractivity contribution in [2.75, 3.05) is 0 Å². The van der Waals surface area contributed by atoms with E-state index in [2.05, 4.69) is 0 Å². The monoisotopic (exact) mass is 189 g/mol. The Balaban J connectivity index is 2.81. The minimum absolute atomic E-state index is 0.105. The van der Waals surface area contributed by atoms with E-state index in [1.165, 1.54) is 12.1 Å². The van der Waals surface area contributed by atoms with Crippen LogP contribution in [0, 0.1) is 0 Å². The molecule has 0 saturated carbocycles. The zero-order chi connectivity index (χ0) is 10.1. The standard InChI is InChI=1S/C11H11NO2/c12-6-8-3-1-2-7-4-10(13)11(14)5-9(7)8/h1-5,13-14H,6,12H2. The van der Waals surface area contributed by atoms with E-state index in [0.717, 1.165) is 16.3 Å². The second kappa shape index (κ2) is 3.20. The number of rotatable bonds is 1. The predicted molar refractivity (Wildman–Crippen MR) is 55.2 cm³/mol. The number of phenols is 2. The van der Waals surface area contributed by atoms with Crippen LogP contribution in [0.25, 0.3) is 10.8 Å². The van der Waals surface area contributed by atoms with Crippen LogP contribution in [0.4, 0.5) is 0 Å². The molecule has 14 heavy (non-hydrogen) atoms. The maximum Gasteiger partial charge on any atom is 0.158 e. The molecule has 3 nitrogen and oxygen atoms in total. The van der Waals surface area contributed by atoms with Gasteiger partial charge in [-0.1, -0.05) is 18.2 Å². The fraction of sp³-hybridized carbons (Fsp3) is 0.0909. The molecule has 0 saturated heterocycles. The Bertz CT molecular complexity index is 480. The van der Waals surface area contributed by atoms with E-state index >= 15 is 0 Å². The molecule has 0 aromatic heterocycles. The molecule has 0 aliphatic carbocycles. The van der Waals surface area contributed by atoms with Crippen LogP contribution in [0.3, 0.4) is 0 Å². The van der Waals surface area contributed by atoms with Gasteiger partial charge < -0.3 is 15.9 Å². The van der Waals surface area contributed by atoms with E-state index in [1.54, 1.807) is 0 Å². The molecule has 2 rings (SSSR count). The Morgan fingerprint density at radius 1 is 1.07 bits per heavy atom. The van der Waals surface area contributed by atoms with Gasteiger partial charge in [0.2, 0.25) is 0 Å². The zero-order valence-corrected chi connectivity index (χ0v) is 7.57. The smallest absolute Gasteiger partial charge is 0.158 e. The third-order valence-corrected chi connectivity index (χ3v) is 2.29. The largest absolute Gasteiger partial charge is 0.504 e. The van der Waals surface area contributed by atoms with E-state index < -0.39 is 0 Å². The lowest BCUT2D eigenvalue weighted by atomic mass is 10.0. The average Bonchev–Trinajstić information content (AvgIpc) is 2.19. The number of aromatic hydroxyl groups is 2. The maximum absolute atomic E-state index is 9.35. The van der Waals surface area contributed by atoms with Crippen LogP contribution in [0.1, 0.15) is 5.56 Å². The second-order valence-corrected chi connectivity index (χ2v) is 3.18. The first-order valence-corrected chi connectivity index (χ1v) is 4.36. The van der Waals surface area contributed by atoms with Crippen molar-refractivity contribution in [1.82, 2.24) is 0 Å². The summed E-state index contributed by atoms with van der Waals surface area (Å²) in [4.78, 5) is 0. The molecule has 0 aliphatic heterocycles. The van der Waals surface area contributed by atoms with Crippen molar-refractivity contribution in [2.45, 2.75) is 6.54 Å². The Morgan fingerprint density at radius 2 is 1.79 bits per heavy atom. The van der Waals surface area contributed by atoms with Gasteiger partial charge in [0.05, 0.1) is 0 Å². The summed E-state index contributed by atoms with van der Waals surface area (Å²) in [5, 5.41) is 20.4. The van der Waals surface area contributed by atoms with Crippen LogP contribution in [0.5, 0.6) is 11.5 Å². The van der Waals surface area contributed by atoms with E-state index in [4.69, 9.17) is 5.73 Å². The summed E-state index contributed by atoms with van der Waals surface area (Å²) < 4.78 is 0. The highest BCUT2D eigenvalue weighted by Crippen LogP contribution is 2.31. The van der Waals surface area contributed by atoms with Crippen molar-refractivity contribution in [2.24, 2.45) is 5.73 Å². The topological polar surface area (TPSA) is 66.5 Å². The number of benzene rings is 2. The van der Waals surface area contributed by atoms with Crippen LogP contribution < -0.4 is 5.73 Å². The van der Waals surface area contributed by atoms with Gasteiger partial charge in [-0.25, -0.2) is 0 Å². The van der Waals surface area contributed by atoms with Crippen molar-refractivity contribution in [3.05, 3.63) is 35.9 Å². The van der Waals surface area contributed by atoms with Gasteiger partial charge in [0.1, 0.15) is 0 Å². The van der Waals surface area contributed by atoms with E-state index in [0.29, 0.717) is 6.54 Å². The van der Waals surface area contributed by atoms with E-state index in [9.17, 15) is 10.2 Å². The molecule has 2 aromatic carbocycles. The van der Waals surface area contributed by atoms with Gasteiger partial charge >= 0.3 is 0 Å². The Morgan fingerprint density at radius 3 is 2.50 bits per heavy atom. The maximum atomic E-state index is 9.35. The number of fused-ring (bicyclic) bond motifs is 1. The minimum atomic E-state index is -0.113. The highest BCUT2D eigenvalue weighted by atomic mass is 16.3. The quantitative estimate of drug-likeness (QED) is 0.598. The third-order valence-electron chi connectivity index (χ3n) is 2.29. The summed E-state index contributed by atoms with van der Waals surface area (Å²) in [5.41, 5.74) is 6.52. The summed E-state index contributed by atoms with van der Waals surface area (Å²) in [6.45, 7) is 0.418. The van der Waals surface area contributed by atoms with Crippen molar-refractivity contribution in [3.8, 4) is 11.5 Å². The lowest BCUT2D eigenvalue weighted by Crippen LogP contribution is -1.96. The minimum Gasteiger partial charge on any atom is -0.504 e. The van der Waals surface area contributed by atoms with E-state index in [1.807, 2.05) is 18.2 Å². The molecule has 4 N–H and O–H groups in total. The molecule has 0 bridgehead atoms. The van der Waals surface area contributed by atoms with Crippen molar-refractivity contribution in [3.63, 3.8) is 0 Å². The molecular weight excluding hydrogens is 178 g/mol. The molecule has 0 atom stereocenters. The summed E-state index contributed by atoms with van der Waals surface area (Å²) >= 11 is 0. The van der Waals surface area contributed by atoms with Crippen molar-refractivity contribution >= 4 is 10.8 Å². The first-order chi connectivity index (χ1) is 6.72. The Kier molecular flexibility index (Phi) is 2.02. The van der Waals surface area contributed by atoms with Gasteiger partial charge in [0, 0.05) is 6.54 Å². The molecule has 0 radical (unpaired) electrons. The molecule has 3 heteroatoms. The lowest BCUT2D eigenvalue weighted by molar-refractivity contribution is 0.405. The number of hydrogen-bond donors (Lipinski definition) is 3. The van der Waals surface area contributed by atoms with Gasteiger partial charge in [-0.3, -0.25) is 0 Å².